The second-order valence-electron chi connectivity index (χ2n) is 3.86. The molecule has 0 saturated heterocycles. The molecule has 0 aliphatic rings. The average Bonchev–Trinajstić information content (AvgIpc) is 2.54. The van der Waals surface area contributed by atoms with Gasteiger partial charge < -0.3 is 14.3 Å². The summed E-state index contributed by atoms with van der Waals surface area (Å²) in [4.78, 5) is 3.16. The maximum Gasteiger partial charge on any atom is 0.178 e. The van der Waals surface area contributed by atoms with E-state index in [0.29, 0.717) is 4.77 Å². The summed E-state index contributed by atoms with van der Waals surface area (Å²) in [6.45, 7) is 6.64. The first-order valence-corrected chi connectivity index (χ1v) is 5.43. The molecule has 0 bridgehead atoms. The van der Waals surface area contributed by atoms with Crippen molar-refractivity contribution >= 4 is 23.3 Å². The Hall–Kier alpha value is -1.55. The fourth-order valence-corrected chi connectivity index (χ4v) is 1.97. The summed E-state index contributed by atoms with van der Waals surface area (Å²) in [6.07, 6.45) is 0. The lowest BCUT2D eigenvalue weighted by Gasteiger charge is -2.04. The maximum atomic E-state index is 5.28. The zero-order valence-corrected chi connectivity index (χ0v) is 10.2. The summed E-state index contributed by atoms with van der Waals surface area (Å²) in [7, 11) is 1.65. The lowest BCUT2D eigenvalue weighted by Crippen LogP contribution is -1.98. The number of allylic oxidation sites excluding steroid dienone is 1. The highest BCUT2D eigenvalue weighted by molar-refractivity contribution is 7.71. The van der Waals surface area contributed by atoms with Gasteiger partial charge in [-0.25, -0.2) is 0 Å². The van der Waals surface area contributed by atoms with Crippen LogP contribution >= 0.6 is 12.2 Å². The number of hydrogen-bond donors (Lipinski definition) is 1. The number of aromatic nitrogens is 2. The summed E-state index contributed by atoms with van der Waals surface area (Å²) >= 11 is 5.28. The molecule has 3 nitrogen and oxygen atoms in total. The number of hydrogen-bond acceptors (Lipinski definition) is 2. The van der Waals surface area contributed by atoms with Crippen molar-refractivity contribution in [3.63, 3.8) is 0 Å². The van der Waals surface area contributed by atoms with Crippen LogP contribution in [0.15, 0.2) is 30.4 Å². The van der Waals surface area contributed by atoms with Gasteiger partial charge in [0.2, 0.25) is 0 Å². The van der Waals surface area contributed by atoms with E-state index in [1.807, 2.05) is 29.7 Å². The molecule has 84 valence electrons. The Kier molecular flexibility index (Phi) is 2.83. The fourth-order valence-electron chi connectivity index (χ4n) is 1.70. The minimum Gasteiger partial charge on any atom is -0.497 e. The first-order chi connectivity index (χ1) is 7.61. The molecule has 0 aliphatic carbocycles. The number of aromatic amines is 1. The van der Waals surface area contributed by atoms with Gasteiger partial charge in [0.1, 0.15) is 5.75 Å². The van der Waals surface area contributed by atoms with Crippen LogP contribution in [0.4, 0.5) is 0 Å². The van der Waals surface area contributed by atoms with Gasteiger partial charge >= 0.3 is 0 Å². The predicted molar refractivity (Wildman–Crippen MR) is 68.5 cm³/mol. The van der Waals surface area contributed by atoms with E-state index < -0.39 is 0 Å². The highest BCUT2D eigenvalue weighted by atomic mass is 32.1. The van der Waals surface area contributed by atoms with E-state index in [1.54, 1.807) is 7.11 Å². The number of benzene rings is 1. The molecule has 0 amide bonds. The molecule has 0 spiro atoms. The van der Waals surface area contributed by atoms with Gasteiger partial charge in [-0.05, 0) is 31.3 Å². The Labute approximate surface area is 99.4 Å². The van der Waals surface area contributed by atoms with Crippen molar-refractivity contribution in [1.29, 1.82) is 0 Å². The Bertz CT molecular complexity index is 595. The Morgan fingerprint density at radius 2 is 2.31 bits per heavy atom. The van der Waals surface area contributed by atoms with Gasteiger partial charge in [0.05, 0.1) is 18.1 Å². The van der Waals surface area contributed by atoms with Gasteiger partial charge in [0.15, 0.2) is 4.77 Å². The van der Waals surface area contributed by atoms with Crippen molar-refractivity contribution in [2.24, 2.45) is 0 Å². The van der Waals surface area contributed by atoms with Crippen molar-refractivity contribution in [2.75, 3.05) is 7.11 Å². The molecule has 1 N–H and O–H groups in total. The third kappa shape index (κ3) is 1.88. The summed E-state index contributed by atoms with van der Waals surface area (Å²) in [6, 6.07) is 5.88. The van der Waals surface area contributed by atoms with Gasteiger partial charge in [0, 0.05) is 12.6 Å². The van der Waals surface area contributed by atoms with Crippen LogP contribution in [0.2, 0.25) is 0 Å². The quantitative estimate of drug-likeness (QED) is 0.652. The summed E-state index contributed by atoms with van der Waals surface area (Å²) in [5.41, 5.74) is 3.15. The maximum absolute atomic E-state index is 5.28. The van der Waals surface area contributed by atoms with E-state index in [2.05, 4.69) is 11.6 Å². The van der Waals surface area contributed by atoms with Crippen LogP contribution in [0, 0.1) is 4.77 Å². The SMILES string of the molecule is C=C(C)Cn1c(=S)[nH]c2cc(OC)ccc21. The van der Waals surface area contributed by atoms with E-state index in [-0.39, 0.29) is 0 Å². The Balaban J connectivity index is 2.62. The number of fused-ring (bicyclic) bond motifs is 1. The largest absolute Gasteiger partial charge is 0.497 e. The molecule has 0 aliphatic heterocycles. The number of methoxy groups -OCH3 is 1. The summed E-state index contributed by atoms with van der Waals surface area (Å²) in [5.74, 6) is 0.825. The lowest BCUT2D eigenvalue weighted by atomic mass is 10.3. The molecule has 4 heteroatoms. The van der Waals surface area contributed by atoms with Crippen molar-refractivity contribution in [3.8, 4) is 5.75 Å². The van der Waals surface area contributed by atoms with E-state index in [0.717, 1.165) is 28.9 Å². The monoisotopic (exact) mass is 234 g/mol. The van der Waals surface area contributed by atoms with Crippen LogP contribution in [0.1, 0.15) is 6.92 Å². The number of imidazole rings is 1. The molecule has 1 aromatic heterocycles. The number of ether oxygens (including phenoxy) is 1. The second kappa shape index (κ2) is 4.14. The second-order valence-corrected chi connectivity index (χ2v) is 4.24. The smallest absolute Gasteiger partial charge is 0.178 e. The molecule has 0 saturated carbocycles. The zero-order valence-electron chi connectivity index (χ0n) is 9.41. The van der Waals surface area contributed by atoms with E-state index >= 15 is 0 Å². The summed E-state index contributed by atoms with van der Waals surface area (Å²) < 4.78 is 7.92. The molecule has 2 rings (SSSR count). The fraction of sp³-hybridized carbons (Fsp3) is 0.250. The molecule has 0 radical (unpaired) electrons. The van der Waals surface area contributed by atoms with Crippen molar-refractivity contribution < 1.29 is 4.74 Å². The molecule has 0 fully saturated rings. The molecule has 0 unspecified atom stereocenters. The number of rotatable bonds is 3. The van der Waals surface area contributed by atoms with Crippen LogP contribution in [0.25, 0.3) is 11.0 Å². The van der Waals surface area contributed by atoms with Gasteiger partial charge in [-0.2, -0.15) is 0 Å². The molecular weight excluding hydrogens is 220 g/mol. The van der Waals surface area contributed by atoms with Crippen LogP contribution in [0.5, 0.6) is 5.75 Å². The van der Waals surface area contributed by atoms with Gasteiger partial charge in [-0.1, -0.05) is 12.2 Å². The van der Waals surface area contributed by atoms with E-state index in [1.165, 1.54) is 0 Å². The minimum absolute atomic E-state index is 0.714. The number of nitrogens with one attached hydrogen (secondary N) is 1. The van der Waals surface area contributed by atoms with Crippen LogP contribution in [-0.4, -0.2) is 16.7 Å². The molecule has 2 aromatic rings. The van der Waals surface area contributed by atoms with Crippen molar-refractivity contribution in [2.45, 2.75) is 13.5 Å². The topological polar surface area (TPSA) is 29.9 Å². The standard InChI is InChI=1S/C12H14N2OS/c1-8(2)7-14-11-5-4-9(15-3)6-10(11)13-12(14)16/h4-6H,1,7H2,2-3H3,(H,13,16). The van der Waals surface area contributed by atoms with E-state index in [4.69, 9.17) is 17.0 Å². The molecule has 0 atom stereocenters. The normalized spacial score (nSPS) is 10.6. The van der Waals surface area contributed by atoms with Crippen LogP contribution in [-0.2, 0) is 6.54 Å². The Morgan fingerprint density at radius 1 is 1.56 bits per heavy atom. The third-order valence-corrected chi connectivity index (χ3v) is 2.73. The van der Waals surface area contributed by atoms with Gasteiger partial charge in [-0.15, -0.1) is 0 Å². The van der Waals surface area contributed by atoms with Gasteiger partial charge in [0.25, 0.3) is 0 Å². The van der Waals surface area contributed by atoms with E-state index in [9.17, 15) is 0 Å². The number of nitrogens with zero attached hydrogens (tertiary/aromatic N) is 1. The highest BCUT2D eigenvalue weighted by Crippen LogP contribution is 2.20. The predicted octanol–water partition coefficient (Wildman–Crippen LogP) is 3.28. The van der Waals surface area contributed by atoms with Crippen LogP contribution in [0.3, 0.4) is 0 Å². The van der Waals surface area contributed by atoms with Crippen LogP contribution < -0.4 is 4.74 Å². The average molecular weight is 234 g/mol. The molecule has 1 heterocycles. The lowest BCUT2D eigenvalue weighted by molar-refractivity contribution is 0.415. The summed E-state index contributed by atoms with van der Waals surface area (Å²) in [5, 5.41) is 0. The third-order valence-electron chi connectivity index (χ3n) is 2.41. The molecular formula is C12H14N2OS. The molecule has 16 heavy (non-hydrogen) atoms. The number of H-pyrrole nitrogens is 1. The Morgan fingerprint density at radius 3 is 2.94 bits per heavy atom. The molecule has 1 aromatic carbocycles. The minimum atomic E-state index is 0.714. The first kappa shape index (κ1) is 11.0. The van der Waals surface area contributed by atoms with Crippen molar-refractivity contribution in [1.82, 2.24) is 9.55 Å². The zero-order chi connectivity index (χ0) is 11.7. The highest BCUT2D eigenvalue weighted by Gasteiger charge is 2.05. The van der Waals surface area contributed by atoms with Gasteiger partial charge in [-0.3, -0.25) is 0 Å². The first-order valence-electron chi connectivity index (χ1n) is 5.03. The van der Waals surface area contributed by atoms with Crippen molar-refractivity contribution in [3.05, 3.63) is 35.1 Å².